The van der Waals surface area contributed by atoms with Gasteiger partial charge in [-0.1, -0.05) is 36.2 Å². The summed E-state index contributed by atoms with van der Waals surface area (Å²) in [6, 6.07) is 7.33. The average Bonchev–Trinajstić information content (AvgIpc) is 2.38. The van der Waals surface area contributed by atoms with Gasteiger partial charge in [0.05, 0.1) is 16.7 Å². The number of hydrogen-bond acceptors (Lipinski definition) is 3. The van der Waals surface area contributed by atoms with Crippen LogP contribution in [0, 0.1) is 11.3 Å². The van der Waals surface area contributed by atoms with Gasteiger partial charge in [-0.05, 0) is 23.4 Å². The Balaban J connectivity index is 2.50. The van der Waals surface area contributed by atoms with Crippen LogP contribution in [0.25, 0.3) is 0 Å². The van der Waals surface area contributed by atoms with Crippen molar-refractivity contribution in [2.45, 2.75) is 19.3 Å². The van der Waals surface area contributed by atoms with Crippen molar-refractivity contribution >= 4 is 40.9 Å². The van der Waals surface area contributed by atoms with E-state index >= 15 is 0 Å². The summed E-state index contributed by atoms with van der Waals surface area (Å²) in [4.78, 5) is 11.8. The van der Waals surface area contributed by atoms with Crippen molar-refractivity contribution in [3.05, 3.63) is 44.4 Å². The number of nitriles is 1. The number of nitrogens with one attached hydrogen (secondary N) is 1. The van der Waals surface area contributed by atoms with Crippen LogP contribution in [0.4, 0.5) is 0 Å². The Morgan fingerprint density at radius 2 is 2.25 bits per heavy atom. The number of benzene rings is 1. The molecule has 20 heavy (non-hydrogen) atoms. The molecule has 0 aromatic heterocycles. The Labute approximate surface area is 131 Å². The van der Waals surface area contributed by atoms with Gasteiger partial charge in [-0.15, -0.1) is 11.8 Å². The van der Waals surface area contributed by atoms with E-state index in [0.29, 0.717) is 20.6 Å². The normalized spacial score (nSPS) is 18.7. The van der Waals surface area contributed by atoms with Gasteiger partial charge in [0.2, 0.25) is 5.91 Å². The molecule has 1 aromatic rings. The van der Waals surface area contributed by atoms with Crippen LogP contribution >= 0.6 is 35.0 Å². The fourth-order valence-corrected chi connectivity index (χ4v) is 3.49. The molecule has 0 aliphatic carbocycles. The van der Waals surface area contributed by atoms with Crippen LogP contribution in [-0.2, 0) is 4.79 Å². The molecule has 1 aromatic carbocycles. The van der Waals surface area contributed by atoms with Crippen molar-refractivity contribution in [2.24, 2.45) is 0 Å². The predicted octanol–water partition coefficient (Wildman–Crippen LogP) is 4.09. The van der Waals surface area contributed by atoms with Gasteiger partial charge in [-0.25, -0.2) is 0 Å². The molecule has 1 amide bonds. The van der Waals surface area contributed by atoms with Crippen LogP contribution in [0.2, 0.25) is 10.0 Å². The second kappa shape index (κ2) is 6.53. The van der Waals surface area contributed by atoms with Crippen LogP contribution in [0.5, 0.6) is 0 Å². The lowest BCUT2D eigenvalue weighted by atomic mass is 9.87. The Bertz CT molecular complexity index is 622. The molecule has 0 bridgehead atoms. The van der Waals surface area contributed by atoms with Gasteiger partial charge in [0, 0.05) is 22.4 Å². The predicted molar refractivity (Wildman–Crippen MR) is 82.7 cm³/mol. The van der Waals surface area contributed by atoms with Gasteiger partial charge >= 0.3 is 0 Å². The van der Waals surface area contributed by atoms with Crippen LogP contribution < -0.4 is 5.32 Å². The first kappa shape index (κ1) is 15.2. The largest absolute Gasteiger partial charge is 0.320 e. The molecular formula is C14H12Cl2N2OS. The van der Waals surface area contributed by atoms with E-state index in [2.05, 4.69) is 11.4 Å². The summed E-state index contributed by atoms with van der Waals surface area (Å²) in [5.41, 5.74) is 1.32. The lowest BCUT2D eigenvalue weighted by Crippen LogP contribution is -2.31. The molecule has 6 heteroatoms. The van der Waals surface area contributed by atoms with Crippen LogP contribution in [-0.4, -0.2) is 11.7 Å². The van der Waals surface area contributed by atoms with E-state index < -0.39 is 0 Å². The molecule has 0 unspecified atom stereocenters. The standard InChI is InChI=1S/C14H12Cl2N2OS/c1-2-20-14-11(7-17)10(6-13(19)18-14)9-4-3-8(15)5-12(9)16/h3-5,10H,2,6H2,1H3,(H,18,19)/t10-/m1/s1. The van der Waals surface area contributed by atoms with Crippen molar-refractivity contribution in [1.29, 1.82) is 5.26 Å². The Morgan fingerprint density at radius 1 is 1.50 bits per heavy atom. The maximum Gasteiger partial charge on any atom is 0.225 e. The van der Waals surface area contributed by atoms with Gasteiger partial charge in [0.1, 0.15) is 0 Å². The van der Waals surface area contributed by atoms with Crippen LogP contribution in [0.3, 0.4) is 0 Å². The summed E-state index contributed by atoms with van der Waals surface area (Å²) in [6.45, 7) is 1.97. The van der Waals surface area contributed by atoms with E-state index in [1.165, 1.54) is 11.8 Å². The lowest BCUT2D eigenvalue weighted by Gasteiger charge is -2.25. The first-order valence-electron chi connectivity index (χ1n) is 6.08. The van der Waals surface area contributed by atoms with Gasteiger partial charge in [-0.2, -0.15) is 5.26 Å². The minimum absolute atomic E-state index is 0.101. The number of rotatable bonds is 3. The maximum absolute atomic E-state index is 11.8. The molecule has 1 N–H and O–H groups in total. The van der Waals surface area contributed by atoms with Crippen molar-refractivity contribution in [3.8, 4) is 6.07 Å². The first-order chi connectivity index (χ1) is 9.56. The molecule has 0 saturated heterocycles. The van der Waals surface area contributed by atoms with Gasteiger partial charge < -0.3 is 5.32 Å². The third-order valence-corrected chi connectivity index (χ3v) is 4.44. The molecule has 1 heterocycles. The van der Waals surface area contributed by atoms with Crippen molar-refractivity contribution < 1.29 is 4.79 Å². The smallest absolute Gasteiger partial charge is 0.225 e. The number of halogens is 2. The van der Waals surface area contributed by atoms with Crippen LogP contribution in [0.15, 0.2) is 28.8 Å². The zero-order chi connectivity index (χ0) is 14.7. The third-order valence-electron chi connectivity index (χ3n) is 2.98. The Morgan fingerprint density at radius 3 is 2.85 bits per heavy atom. The highest BCUT2D eigenvalue weighted by molar-refractivity contribution is 8.03. The minimum Gasteiger partial charge on any atom is -0.320 e. The quantitative estimate of drug-likeness (QED) is 0.910. The zero-order valence-corrected chi connectivity index (χ0v) is 13.1. The monoisotopic (exact) mass is 326 g/mol. The van der Waals surface area contributed by atoms with E-state index in [1.54, 1.807) is 18.2 Å². The number of carbonyl (C=O) groups excluding carboxylic acids is 1. The Hall–Kier alpha value is -1.15. The molecule has 0 fully saturated rings. The highest BCUT2D eigenvalue weighted by Crippen LogP contribution is 2.39. The summed E-state index contributed by atoms with van der Waals surface area (Å²) in [5, 5.41) is 13.8. The third kappa shape index (κ3) is 3.12. The molecule has 2 rings (SSSR count). The number of thioether (sulfide) groups is 1. The minimum atomic E-state index is -0.312. The Kier molecular flexibility index (Phi) is 4.98. The molecule has 0 spiro atoms. The number of allylic oxidation sites excluding steroid dienone is 1. The summed E-state index contributed by atoms with van der Waals surface area (Å²) >= 11 is 13.5. The van der Waals surface area contributed by atoms with E-state index in [4.69, 9.17) is 23.2 Å². The molecule has 1 aliphatic heterocycles. The molecule has 0 radical (unpaired) electrons. The molecular weight excluding hydrogens is 315 g/mol. The fraction of sp³-hybridized carbons (Fsp3) is 0.286. The first-order valence-corrected chi connectivity index (χ1v) is 7.82. The molecule has 0 saturated carbocycles. The number of carbonyl (C=O) groups is 1. The lowest BCUT2D eigenvalue weighted by molar-refractivity contribution is -0.120. The van der Waals surface area contributed by atoms with Gasteiger partial charge in [0.15, 0.2) is 0 Å². The second-order valence-electron chi connectivity index (χ2n) is 4.26. The number of hydrogen-bond donors (Lipinski definition) is 1. The van der Waals surface area contributed by atoms with E-state index in [1.807, 2.05) is 6.92 Å². The van der Waals surface area contributed by atoms with Gasteiger partial charge in [-0.3, -0.25) is 4.79 Å². The number of amides is 1. The molecule has 1 aliphatic rings. The van der Waals surface area contributed by atoms with Crippen molar-refractivity contribution in [1.82, 2.24) is 5.32 Å². The SMILES string of the molecule is CCSC1=C(C#N)[C@@H](c2ccc(Cl)cc2Cl)CC(=O)N1. The molecule has 1 atom stereocenters. The van der Waals surface area contributed by atoms with E-state index in [-0.39, 0.29) is 18.2 Å². The highest BCUT2D eigenvalue weighted by atomic mass is 35.5. The summed E-state index contributed by atoms with van der Waals surface area (Å²) in [7, 11) is 0. The van der Waals surface area contributed by atoms with Crippen molar-refractivity contribution in [3.63, 3.8) is 0 Å². The van der Waals surface area contributed by atoms with Crippen molar-refractivity contribution in [2.75, 3.05) is 5.75 Å². The van der Waals surface area contributed by atoms with E-state index in [0.717, 1.165) is 11.3 Å². The topological polar surface area (TPSA) is 52.9 Å². The number of nitrogens with zero attached hydrogens (tertiary/aromatic N) is 1. The van der Waals surface area contributed by atoms with E-state index in [9.17, 15) is 10.1 Å². The average molecular weight is 327 g/mol. The summed E-state index contributed by atoms with van der Waals surface area (Å²) in [5.74, 6) is 0.366. The fourth-order valence-electron chi connectivity index (χ4n) is 2.13. The molecule has 3 nitrogen and oxygen atoms in total. The zero-order valence-electron chi connectivity index (χ0n) is 10.7. The van der Waals surface area contributed by atoms with Crippen LogP contribution in [0.1, 0.15) is 24.8 Å². The highest BCUT2D eigenvalue weighted by Gasteiger charge is 2.30. The summed E-state index contributed by atoms with van der Waals surface area (Å²) < 4.78 is 0. The maximum atomic E-state index is 11.8. The van der Waals surface area contributed by atoms with Gasteiger partial charge in [0.25, 0.3) is 0 Å². The molecule has 104 valence electrons. The summed E-state index contributed by atoms with van der Waals surface area (Å²) in [6.07, 6.45) is 0.220. The second-order valence-corrected chi connectivity index (χ2v) is 6.38.